The van der Waals surface area contributed by atoms with E-state index in [-0.39, 0.29) is 32.8 Å². The zero-order valence-corrected chi connectivity index (χ0v) is 20.1. The summed E-state index contributed by atoms with van der Waals surface area (Å²) in [4.78, 5) is 12.8. The third-order valence-corrected chi connectivity index (χ3v) is 8.55. The van der Waals surface area contributed by atoms with E-state index in [1.807, 2.05) is 0 Å². The minimum atomic E-state index is -3.62. The van der Waals surface area contributed by atoms with Crippen LogP contribution >= 0.6 is 0 Å². The van der Waals surface area contributed by atoms with E-state index in [9.17, 15) is 21.6 Å². The van der Waals surface area contributed by atoms with Crippen molar-refractivity contribution in [2.24, 2.45) is 0 Å². The molecule has 0 spiro atoms. The third kappa shape index (κ3) is 5.18. The maximum atomic E-state index is 12.9. The van der Waals surface area contributed by atoms with Crippen LogP contribution in [0.25, 0.3) is 11.5 Å². The van der Waals surface area contributed by atoms with Crippen molar-refractivity contribution >= 4 is 31.8 Å². The van der Waals surface area contributed by atoms with Crippen LogP contribution in [0.15, 0.2) is 62.7 Å². The SMILES string of the molecule is CS(=O)(=O)c1ccccc1-c1nnc(NC(=O)c2ccc(S(=O)(=O)N3CCCCCC3)cc2)o1. The van der Waals surface area contributed by atoms with E-state index in [4.69, 9.17) is 4.42 Å². The van der Waals surface area contributed by atoms with Crippen molar-refractivity contribution < 1.29 is 26.0 Å². The maximum Gasteiger partial charge on any atom is 0.322 e. The van der Waals surface area contributed by atoms with Crippen LogP contribution in [0.1, 0.15) is 36.0 Å². The number of rotatable bonds is 6. The first-order valence-corrected chi connectivity index (χ1v) is 14.0. The Morgan fingerprint density at radius 3 is 2.21 bits per heavy atom. The number of aromatic nitrogens is 2. The Labute approximate surface area is 198 Å². The molecule has 0 saturated carbocycles. The number of nitrogens with zero attached hydrogens (tertiary/aromatic N) is 3. The molecule has 1 aliphatic heterocycles. The van der Waals surface area contributed by atoms with Crippen LogP contribution in [0.2, 0.25) is 0 Å². The second-order valence-corrected chi connectivity index (χ2v) is 11.9. The summed E-state index contributed by atoms with van der Waals surface area (Å²) in [5, 5.41) is 10.0. The van der Waals surface area contributed by atoms with Crippen LogP contribution in [0.3, 0.4) is 0 Å². The second kappa shape index (κ2) is 9.65. The molecule has 1 N–H and O–H groups in total. The number of sulfonamides is 1. The highest BCUT2D eigenvalue weighted by atomic mass is 32.2. The maximum absolute atomic E-state index is 12.9. The van der Waals surface area contributed by atoms with E-state index in [0.717, 1.165) is 31.9 Å². The van der Waals surface area contributed by atoms with Gasteiger partial charge in [0.15, 0.2) is 9.84 Å². The van der Waals surface area contributed by atoms with Crippen molar-refractivity contribution in [1.29, 1.82) is 0 Å². The van der Waals surface area contributed by atoms with Gasteiger partial charge in [0.05, 0.1) is 15.4 Å². The monoisotopic (exact) mass is 504 g/mol. The molecule has 180 valence electrons. The molecule has 1 fully saturated rings. The summed E-state index contributed by atoms with van der Waals surface area (Å²) in [5.74, 6) is -0.638. The van der Waals surface area contributed by atoms with E-state index in [0.29, 0.717) is 13.1 Å². The molecule has 4 rings (SSSR count). The predicted octanol–water partition coefficient (Wildman–Crippen LogP) is 2.96. The normalized spacial score (nSPS) is 15.6. The fraction of sp³-hybridized carbons (Fsp3) is 0.318. The number of anilines is 1. The number of amides is 1. The first-order chi connectivity index (χ1) is 16.2. The van der Waals surface area contributed by atoms with Crippen LogP contribution in [0, 0.1) is 0 Å². The topological polar surface area (TPSA) is 140 Å². The molecule has 12 heteroatoms. The summed E-state index contributed by atoms with van der Waals surface area (Å²) in [6.07, 6.45) is 4.77. The Morgan fingerprint density at radius 2 is 1.56 bits per heavy atom. The number of benzene rings is 2. The van der Waals surface area contributed by atoms with Crippen molar-refractivity contribution in [3.05, 3.63) is 54.1 Å². The molecule has 0 aliphatic carbocycles. The molecule has 0 unspecified atom stereocenters. The summed E-state index contributed by atoms with van der Waals surface area (Å²) in [6, 6.07) is 11.6. The second-order valence-electron chi connectivity index (χ2n) is 7.98. The molecule has 1 aromatic heterocycles. The molecule has 34 heavy (non-hydrogen) atoms. The molecule has 0 atom stereocenters. The van der Waals surface area contributed by atoms with Gasteiger partial charge in [0.25, 0.3) is 11.8 Å². The summed E-state index contributed by atoms with van der Waals surface area (Å²) in [6.45, 7) is 0.985. The highest BCUT2D eigenvalue weighted by Gasteiger charge is 2.25. The van der Waals surface area contributed by atoms with E-state index >= 15 is 0 Å². The fourth-order valence-electron chi connectivity index (χ4n) is 3.73. The molecule has 0 bridgehead atoms. The molecular formula is C22H24N4O6S2. The van der Waals surface area contributed by atoms with Crippen molar-refractivity contribution in [2.45, 2.75) is 35.5 Å². The molecule has 0 radical (unpaired) electrons. The molecule has 2 heterocycles. The summed E-state index contributed by atoms with van der Waals surface area (Å²) < 4.78 is 56.7. The molecule has 1 aliphatic rings. The number of hydrogen-bond donors (Lipinski definition) is 1. The molecule has 10 nitrogen and oxygen atoms in total. The van der Waals surface area contributed by atoms with Gasteiger partial charge in [0.2, 0.25) is 10.0 Å². The molecule has 1 saturated heterocycles. The minimum absolute atomic E-state index is 0.0257. The van der Waals surface area contributed by atoms with Gasteiger partial charge in [-0.05, 0) is 49.2 Å². The lowest BCUT2D eigenvalue weighted by Gasteiger charge is -2.19. The lowest BCUT2D eigenvalue weighted by Crippen LogP contribution is -2.31. The van der Waals surface area contributed by atoms with Gasteiger partial charge in [0, 0.05) is 24.9 Å². The first kappa shape index (κ1) is 24.0. The average Bonchev–Trinajstić information content (AvgIpc) is 3.09. The number of carbonyl (C=O) groups is 1. The summed E-state index contributed by atoms with van der Waals surface area (Å²) in [5.41, 5.74) is 0.423. The Balaban J connectivity index is 1.49. The lowest BCUT2D eigenvalue weighted by molar-refractivity contribution is 0.102. The number of nitrogens with one attached hydrogen (secondary N) is 1. The number of hydrogen-bond acceptors (Lipinski definition) is 8. The van der Waals surface area contributed by atoms with Crippen molar-refractivity contribution in [3.8, 4) is 11.5 Å². The molecule has 2 aromatic carbocycles. The predicted molar refractivity (Wildman–Crippen MR) is 124 cm³/mol. The molecular weight excluding hydrogens is 480 g/mol. The van der Waals surface area contributed by atoms with Crippen molar-refractivity contribution in [3.63, 3.8) is 0 Å². The molecule has 3 aromatic rings. The van der Waals surface area contributed by atoms with Crippen molar-refractivity contribution in [2.75, 3.05) is 24.7 Å². The zero-order valence-electron chi connectivity index (χ0n) is 18.5. The van der Waals surface area contributed by atoms with Gasteiger partial charge < -0.3 is 4.42 Å². The Kier molecular flexibility index (Phi) is 6.82. The van der Waals surface area contributed by atoms with E-state index in [1.165, 1.54) is 40.7 Å². The Bertz CT molecular complexity index is 1390. The zero-order chi connectivity index (χ0) is 24.3. The van der Waals surface area contributed by atoms with Crippen LogP contribution < -0.4 is 5.32 Å². The quantitative estimate of drug-likeness (QED) is 0.540. The van der Waals surface area contributed by atoms with E-state index in [2.05, 4.69) is 15.5 Å². The summed E-state index contributed by atoms with van der Waals surface area (Å²) in [7, 11) is -7.15. The Hall–Kier alpha value is -3.09. The highest BCUT2D eigenvalue weighted by molar-refractivity contribution is 7.90. The van der Waals surface area contributed by atoms with Gasteiger partial charge in [-0.3, -0.25) is 10.1 Å². The highest BCUT2D eigenvalue weighted by Crippen LogP contribution is 2.27. The van der Waals surface area contributed by atoms with Gasteiger partial charge in [-0.25, -0.2) is 16.8 Å². The van der Waals surface area contributed by atoms with Crippen LogP contribution in [-0.2, 0) is 19.9 Å². The minimum Gasteiger partial charge on any atom is -0.403 e. The van der Waals surface area contributed by atoms with E-state index in [1.54, 1.807) is 12.1 Å². The largest absolute Gasteiger partial charge is 0.403 e. The van der Waals surface area contributed by atoms with Crippen molar-refractivity contribution in [1.82, 2.24) is 14.5 Å². The van der Waals surface area contributed by atoms with Gasteiger partial charge in [-0.2, -0.15) is 4.31 Å². The van der Waals surface area contributed by atoms with Gasteiger partial charge in [-0.1, -0.05) is 30.1 Å². The van der Waals surface area contributed by atoms with Crippen LogP contribution in [-0.4, -0.2) is 56.6 Å². The first-order valence-electron chi connectivity index (χ1n) is 10.7. The number of carbonyl (C=O) groups excluding carboxylic acids is 1. The standard InChI is InChI=1S/C22H24N4O6S2/c1-33(28,29)19-9-5-4-8-18(19)21-24-25-22(32-21)23-20(27)16-10-12-17(13-11-16)34(30,31)26-14-6-2-3-7-15-26/h4-5,8-13H,2-3,6-7,14-15H2,1H3,(H,23,25,27). The Morgan fingerprint density at radius 1 is 0.912 bits per heavy atom. The van der Waals surface area contributed by atoms with E-state index < -0.39 is 25.8 Å². The van der Waals surface area contributed by atoms with Crippen LogP contribution in [0.4, 0.5) is 6.01 Å². The number of sulfone groups is 1. The summed E-state index contributed by atoms with van der Waals surface area (Å²) >= 11 is 0. The van der Waals surface area contributed by atoms with Gasteiger partial charge in [-0.15, -0.1) is 5.10 Å². The van der Waals surface area contributed by atoms with Gasteiger partial charge in [0.1, 0.15) is 0 Å². The lowest BCUT2D eigenvalue weighted by atomic mass is 10.2. The van der Waals surface area contributed by atoms with Crippen LogP contribution in [0.5, 0.6) is 0 Å². The van der Waals surface area contributed by atoms with Gasteiger partial charge >= 0.3 is 6.01 Å². The molecule has 1 amide bonds. The average molecular weight is 505 g/mol. The third-order valence-electron chi connectivity index (χ3n) is 5.48. The fourth-order valence-corrected chi connectivity index (χ4v) is 6.13. The smallest absolute Gasteiger partial charge is 0.322 e.